The van der Waals surface area contributed by atoms with Gasteiger partial charge in [0, 0.05) is 6.54 Å². The van der Waals surface area contributed by atoms with E-state index in [2.05, 4.69) is 34.1 Å². The zero-order valence-electron chi connectivity index (χ0n) is 5.89. The summed E-state index contributed by atoms with van der Waals surface area (Å²) in [6, 6.07) is 0. The van der Waals surface area contributed by atoms with Crippen LogP contribution in [0.5, 0.6) is 0 Å². The van der Waals surface area contributed by atoms with E-state index in [-0.39, 0.29) is 0 Å². The molecule has 0 aliphatic carbocycles. The Hall–Kier alpha value is 0.0400. The van der Waals surface area contributed by atoms with Gasteiger partial charge in [-0.2, -0.15) is 5.10 Å². The van der Waals surface area contributed by atoms with Gasteiger partial charge in [-0.3, -0.25) is 4.68 Å². The van der Waals surface area contributed by atoms with Crippen LogP contribution in [-0.4, -0.2) is 16.0 Å². The number of hydrogen-bond acceptors (Lipinski definition) is 2. The monoisotopic (exact) mass is 219 g/mol. The quantitative estimate of drug-likeness (QED) is 0.711. The van der Waals surface area contributed by atoms with E-state index in [0.717, 1.165) is 16.0 Å². The van der Waals surface area contributed by atoms with Gasteiger partial charge in [0.25, 0.3) is 0 Å². The summed E-state index contributed by atoms with van der Waals surface area (Å²) in [4.78, 5) is 0. The normalized spacial score (nSPS) is 10.3. The molecule has 0 unspecified atom stereocenters. The van der Waals surface area contributed by atoms with Gasteiger partial charge in [-0.05, 0) is 29.1 Å². The number of aryl methyl sites for hydroxylation is 1. The minimum Gasteiger partial charge on any atom is -0.257 e. The third-order valence-electron chi connectivity index (χ3n) is 1.18. The lowest BCUT2D eigenvalue weighted by Crippen LogP contribution is -1.96. The van der Waals surface area contributed by atoms with Gasteiger partial charge in [-0.1, -0.05) is 0 Å². The smallest absolute Gasteiger partial charge is 0.129 e. The molecule has 0 atom stereocenters. The molecule has 1 aromatic rings. The van der Waals surface area contributed by atoms with Crippen molar-refractivity contribution in [2.75, 3.05) is 6.26 Å². The SMILES string of the molecule is CCn1n[c]c(Br)c1SC. The third kappa shape index (κ3) is 1.37. The van der Waals surface area contributed by atoms with Gasteiger partial charge in [0.05, 0.1) is 4.47 Å². The van der Waals surface area contributed by atoms with Crippen LogP contribution in [0, 0.1) is 6.20 Å². The number of thioether (sulfide) groups is 1. The van der Waals surface area contributed by atoms with E-state index in [0.29, 0.717) is 0 Å². The Kier molecular flexibility index (Phi) is 2.80. The summed E-state index contributed by atoms with van der Waals surface area (Å²) in [5, 5.41) is 5.17. The predicted molar refractivity (Wildman–Crippen MR) is 46.2 cm³/mol. The molecule has 2 nitrogen and oxygen atoms in total. The van der Waals surface area contributed by atoms with Crippen molar-refractivity contribution in [2.45, 2.75) is 18.5 Å². The molecule has 0 saturated carbocycles. The first-order valence-electron chi connectivity index (χ1n) is 2.97. The van der Waals surface area contributed by atoms with Crippen LogP contribution in [0.4, 0.5) is 0 Å². The molecule has 0 amide bonds. The molecule has 1 heterocycles. The molecule has 0 saturated heterocycles. The summed E-state index contributed by atoms with van der Waals surface area (Å²) in [5.74, 6) is 0. The minimum absolute atomic E-state index is 0.901. The van der Waals surface area contributed by atoms with E-state index in [1.165, 1.54) is 0 Å². The second-order valence-corrected chi connectivity index (χ2v) is 3.34. The molecule has 1 radical (unpaired) electrons. The lowest BCUT2D eigenvalue weighted by molar-refractivity contribution is 0.604. The zero-order valence-corrected chi connectivity index (χ0v) is 8.29. The topological polar surface area (TPSA) is 17.8 Å². The lowest BCUT2D eigenvalue weighted by Gasteiger charge is -1.99. The van der Waals surface area contributed by atoms with E-state index in [1.807, 2.05) is 10.9 Å². The van der Waals surface area contributed by atoms with Crippen LogP contribution >= 0.6 is 27.7 Å². The summed E-state index contributed by atoms with van der Waals surface area (Å²) in [6.45, 7) is 2.96. The largest absolute Gasteiger partial charge is 0.257 e. The van der Waals surface area contributed by atoms with Crippen molar-refractivity contribution in [1.29, 1.82) is 0 Å². The molecule has 1 aromatic heterocycles. The number of rotatable bonds is 2. The Balaban J connectivity index is 3.01. The molecule has 0 aliphatic rings. The van der Waals surface area contributed by atoms with E-state index in [9.17, 15) is 0 Å². The minimum atomic E-state index is 0.901. The Morgan fingerprint density at radius 2 is 2.50 bits per heavy atom. The standard InChI is InChI=1S/C6H8BrN2S/c1-3-9-6(10-2)5(7)4-8-9/h3H2,1-2H3. The summed E-state index contributed by atoms with van der Waals surface area (Å²) in [5.41, 5.74) is 0. The van der Waals surface area contributed by atoms with Gasteiger partial charge in [0.1, 0.15) is 11.2 Å². The second kappa shape index (κ2) is 3.44. The van der Waals surface area contributed by atoms with E-state index >= 15 is 0 Å². The number of hydrogen-bond donors (Lipinski definition) is 0. The Morgan fingerprint density at radius 1 is 1.80 bits per heavy atom. The molecule has 55 valence electrons. The summed E-state index contributed by atoms with van der Waals surface area (Å²) < 4.78 is 2.87. The van der Waals surface area contributed by atoms with Gasteiger partial charge >= 0.3 is 0 Å². The van der Waals surface area contributed by atoms with Crippen molar-refractivity contribution in [1.82, 2.24) is 9.78 Å². The number of nitrogens with zero attached hydrogens (tertiary/aromatic N) is 2. The van der Waals surface area contributed by atoms with E-state index in [4.69, 9.17) is 0 Å². The summed E-state index contributed by atoms with van der Waals surface area (Å²) >= 11 is 5.03. The van der Waals surface area contributed by atoms with E-state index in [1.54, 1.807) is 11.8 Å². The first kappa shape index (κ1) is 8.14. The fourth-order valence-electron chi connectivity index (χ4n) is 0.720. The highest BCUT2D eigenvalue weighted by atomic mass is 79.9. The first-order chi connectivity index (χ1) is 4.79. The molecular weight excluding hydrogens is 212 g/mol. The van der Waals surface area contributed by atoms with Crippen molar-refractivity contribution in [3.8, 4) is 0 Å². The van der Waals surface area contributed by atoms with Crippen LogP contribution in [0.1, 0.15) is 6.92 Å². The maximum atomic E-state index is 4.03. The molecule has 4 heteroatoms. The fourth-order valence-corrected chi connectivity index (χ4v) is 2.10. The molecule has 0 aromatic carbocycles. The Labute approximate surface area is 73.1 Å². The lowest BCUT2D eigenvalue weighted by atomic mass is 10.7. The van der Waals surface area contributed by atoms with Crippen LogP contribution in [0.15, 0.2) is 9.50 Å². The molecule has 0 aliphatic heterocycles. The molecular formula is C6H8BrN2S. The van der Waals surface area contributed by atoms with Gasteiger partial charge in [0.2, 0.25) is 0 Å². The highest BCUT2D eigenvalue weighted by Gasteiger charge is 2.04. The third-order valence-corrected chi connectivity index (χ3v) is 2.80. The molecule has 1 rings (SSSR count). The Morgan fingerprint density at radius 3 is 2.90 bits per heavy atom. The summed E-state index contributed by atoms with van der Waals surface area (Å²) in [7, 11) is 0. The van der Waals surface area contributed by atoms with Crippen molar-refractivity contribution in [3.63, 3.8) is 0 Å². The van der Waals surface area contributed by atoms with Crippen LogP contribution in [-0.2, 0) is 6.54 Å². The molecule has 0 N–H and O–H groups in total. The van der Waals surface area contributed by atoms with Crippen molar-refractivity contribution in [3.05, 3.63) is 10.7 Å². The van der Waals surface area contributed by atoms with Crippen LogP contribution < -0.4 is 0 Å². The number of halogens is 1. The van der Waals surface area contributed by atoms with Gasteiger partial charge in [0.15, 0.2) is 0 Å². The second-order valence-electron chi connectivity index (χ2n) is 1.75. The van der Waals surface area contributed by atoms with Crippen molar-refractivity contribution < 1.29 is 0 Å². The molecule has 0 fully saturated rings. The number of aromatic nitrogens is 2. The van der Waals surface area contributed by atoms with Gasteiger partial charge in [-0.15, -0.1) is 11.8 Å². The molecule has 0 bridgehead atoms. The predicted octanol–water partition coefficient (Wildman–Crippen LogP) is 2.19. The highest BCUT2D eigenvalue weighted by Crippen LogP contribution is 2.24. The van der Waals surface area contributed by atoms with Crippen molar-refractivity contribution in [2.24, 2.45) is 0 Å². The summed E-state index contributed by atoms with van der Waals surface area (Å²) in [6.07, 6.45) is 4.88. The average molecular weight is 220 g/mol. The van der Waals surface area contributed by atoms with Crippen molar-refractivity contribution >= 4 is 27.7 Å². The zero-order chi connectivity index (χ0) is 7.56. The maximum absolute atomic E-state index is 4.03. The van der Waals surface area contributed by atoms with Crippen LogP contribution in [0.2, 0.25) is 0 Å². The average Bonchev–Trinajstić information content (AvgIpc) is 2.30. The van der Waals surface area contributed by atoms with Crippen LogP contribution in [0.25, 0.3) is 0 Å². The van der Waals surface area contributed by atoms with Gasteiger partial charge in [-0.25, -0.2) is 0 Å². The van der Waals surface area contributed by atoms with Gasteiger partial charge < -0.3 is 0 Å². The maximum Gasteiger partial charge on any atom is 0.129 e. The molecule has 10 heavy (non-hydrogen) atoms. The van der Waals surface area contributed by atoms with Crippen LogP contribution in [0.3, 0.4) is 0 Å². The molecule has 0 spiro atoms. The Bertz CT molecular complexity index is 222. The fraction of sp³-hybridized carbons (Fsp3) is 0.500. The van der Waals surface area contributed by atoms with E-state index < -0.39 is 0 Å². The first-order valence-corrected chi connectivity index (χ1v) is 4.99. The highest BCUT2D eigenvalue weighted by molar-refractivity contribution is 9.10.